The Morgan fingerprint density at radius 3 is 2.75 bits per heavy atom. The number of amides is 1. The van der Waals surface area contributed by atoms with E-state index in [4.69, 9.17) is 4.74 Å². The third-order valence-electron chi connectivity index (χ3n) is 2.41. The molecule has 0 aliphatic heterocycles. The number of hydrogen-bond donors (Lipinski definition) is 1. The predicted octanol–water partition coefficient (Wildman–Crippen LogP) is 2.12. The second-order valence-corrected chi connectivity index (χ2v) is 5.09. The Balaban J connectivity index is 2.31. The highest BCUT2D eigenvalue weighted by Gasteiger charge is 2.17. The van der Waals surface area contributed by atoms with Gasteiger partial charge in [0.25, 0.3) is 5.91 Å². The largest absolute Gasteiger partial charge is 0.451 e. The number of unbranched alkanes of at least 4 members (excludes halogenated alkanes) is 2. The average Bonchev–Trinajstić information content (AvgIpc) is 2.91. The summed E-state index contributed by atoms with van der Waals surface area (Å²) in [6.45, 7) is 2.23. The summed E-state index contributed by atoms with van der Waals surface area (Å²) in [5.74, 6) is -1.10. The lowest BCUT2D eigenvalue weighted by molar-refractivity contribution is -0.380. The zero-order valence-electron chi connectivity index (χ0n) is 11.1. The molecule has 8 heteroatoms. The normalized spacial score (nSPS) is 10.1. The predicted molar refractivity (Wildman–Crippen MR) is 73.8 cm³/mol. The summed E-state index contributed by atoms with van der Waals surface area (Å²) >= 11 is 0.720. The molecule has 7 nitrogen and oxygen atoms in total. The smallest absolute Gasteiger partial charge is 0.349 e. The van der Waals surface area contributed by atoms with Crippen LogP contribution in [0.4, 0.5) is 5.00 Å². The van der Waals surface area contributed by atoms with Gasteiger partial charge in [-0.05, 0) is 12.5 Å². The highest BCUT2D eigenvalue weighted by Crippen LogP contribution is 2.24. The molecule has 0 aliphatic rings. The van der Waals surface area contributed by atoms with E-state index >= 15 is 0 Å². The number of carbonyl (C=O) groups is 2. The number of nitro groups is 1. The Hall–Kier alpha value is -1.96. The molecule has 0 aliphatic carbocycles. The summed E-state index contributed by atoms with van der Waals surface area (Å²) in [4.78, 5) is 32.9. The number of thiophene rings is 1. The van der Waals surface area contributed by atoms with Crippen molar-refractivity contribution in [3.05, 3.63) is 27.1 Å². The van der Waals surface area contributed by atoms with Crippen LogP contribution in [0.1, 0.15) is 35.9 Å². The number of nitrogens with one attached hydrogen (secondary N) is 1. The standard InChI is InChI=1S/C12H16N2O5S/c1-2-3-4-7-13-10(15)8-19-12(16)9-5-6-11(20-9)14(17)18/h5-6H,2-4,7-8H2,1H3,(H,13,15). The summed E-state index contributed by atoms with van der Waals surface area (Å²) in [5.41, 5.74) is 0. The second kappa shape index (κ2) is 8.26. The summed E-state index contributed by atoms with van der Waals surface area (Å²) < 4.78 is 4.78. The molecular formula is C12H16N2O5S. The van der Waals surface area contributed by atoms with E-state index in [2.05, 4.69) is 12.2 Å². The molecule has 1 aromatic heterocycles. The van der Waals surface area contributed by atoms with E-state index in [0.29, 0.717) is 6.54 Å². The molecule has 0 saturated carbocycles. The zero-order chi connectivity index (χ0) is 15.0. The van der Waals surface area contributed by atoms with Gasteiger partial charge in [-0.25, -0.2) is 4.79 Å². The van der Waals surface area contributed by atoms with Crippen molar-refractivity contribution >= 4 is 28.2 Å². The maximum atomic E-state index is 11.5. The van der Waals surface area contributed by atoms with E-state index in [9.17, 15) is 19.7 Å². The molecule has 0 saturated heterocycles. The van der Waals surface area contributed by atoms with Crippen LogP contribution in [0.5, 0.6) is 0 Å². The molecule has 0 unspecified atom stereocenters. The van der Waals surface area contributed by atoms with E-state index < -0.39 is 10.9 Å². The van der Waals surface area contributed by atoms with Crippen LogP contribution in [-0.2, 0) is 9.53 Å². The SMILES string of the molecule is CCCCCNC(=O)COC(=O)c1ccc([N+](=O)[O-])s1. The minimum absolute atomic E-state index is 0.107. The molecule has 1 rings (SSSR count). The van der Waals surface area contributed by atoms with E-state index in [1.807, 2.05) is 0 Å². The molecule has 0 aromatic carbocycles. The van der Waals surface area contributed by atoms with Crippen molar-refractivity contribution in [3.8, 4) is 0 Å². The van der Waals surface area contributed by atoms with Gasteiger partial charge in [-0.1, -0.05) is 31.1 Å². The van der Waals surface area contributed by atoms with Crippen molar-refractivity contribution < 1.29 is 19.2 Å². The number of nitrogens with zero attached hydrogens (tertiary/aromatic N) is 1. The van der Waals surface area contributed by atoms with Crippen LogP contribution in [0.15, 0.2) is 12.1 Å². The fourth-order valence-electron chi connectivity index (χ4n) is 1.39. The van der Waals surface area contributed by atoms with Gasteiger partial charge in [-0.3, -0.25) is 14.9 Å². The minimum atomic E-state index is -0.730. The van der Waals surface area contributed by atoms with Crippen LogP contribution < -0.4 is 5.32 Å². The summed E-state index contributed by atoms with van der Waals surface area (Å²) in [6.07, 6.45) is 2.97. The van der Waals surface area contributed by atoms with Gasteiger partial charge in [0, 0.05) is 12.6 Å². The lowest BCUT2D eigenvalue weighted by atomic mass is 10.2. The lowest BCUT2D eigenvalue weighted by Crippen LogP contribution is -2.29. The fraction of sp³-hybridized carbons (Fsp3) is 0.500. The summed E-state index contributed by atoms with van der Waals surface area (Å²) in [6, 6.07) is 2.54. The van der Waals surface area contributed by atoms with Gasteiger partial charge >= 0.3 is 11.0 Å². The number of hydrogen-bond acceptors (Lipinski definition) is 6. The van der Waals surface area contributed by atoms with Crippen LogP contribution in [-0.4, -0.2) is 30.0 Å². The number of ether oxygens (including phenoxy) is 1. The van der Waals surface area contributed by atoms with Crippen molar-refractivity contribution in [3.63, 3.8) is 0 Å². The highest BCUT2D eigenvalue weighted by molar-refractivity contribution is 7.17. The Kier molecular flexibility index (Phi) is 6.65. The molecule has 20 heavy (non-hydrogen) atoms. The van der Waals surface area contributed by atoms with Crippen molar-refractivity contribution in [1.29, 1.82) is 0 Å². The molecule has 1 N–H and O–H groups in total. The van der Waals surface area contributed by atoms with Crippen molar-refractivity contribution in [1.82, 2.24) is 5.32 Å². The molecule has 1 aromatic rings. The van der Waals surface area contributed by atoms with E-state index in [1.165, 1.54) is 12.1 Å². The Labute approximate surface area is 120 Å². The maximum Gasteiger partial charge on any atom is 0.349 e. The Bertz CT molecular complexity index is 486. The number of esters is 1. The average molecular weight is 300 g/mol. The van der Waals surface area contributed by atoms with Gasteiger partial charge in [0.05, 0.1) is 4.92 Å². The van der Waals surface area contributed by atoms with Gasteiger partial charge in [-0.2, -0.15) is 0 Å². The third-order valence-corrected chi connectivity index (χ3v) is 3.43. The molecule has 1 heterocycles. The second-order valence-electron chi connectivity index (χ2n) is 4.03. The van der Waals surface area contributed by atoms with Gasteiger partial charge in [0.15, 0.2) is 6.61 Å². The van der Waals surface area contributed by atoms with Crippen LogP contribution >= 0.6 is 11.3 Å². The topological polar surface area (TPSA) is 98.5 Å². The van der Waals surface area contributed by atoms with Crippen LogP contribution in [0.2, 0.25) is 0 Å². The molecule has 0 atom stereocenters. The van der Waals surface area contributed by atoms with Crippen molar-refractivity contribution in [2.75, 3.05) is 13.2 Å². The first kappa shape index (κ1) is 16.1. The lowest BCUT2D eigenvalue weighted by Gasteiger charge is -2.05. The zero-order valence-corrected chi connectivity index (χ0v) is 11.9. The fourth-order valence-corrected chi connectivity index (χ4v) is 2.11. The molecule has 0 fully saturated rings. The van der Waals surface area contributed by atoms with Gasteiger partial charge in [0.1, 0.15) is 4.88 Å². The quantitative estimate of drug-likeness (QED) is 0.343. The third kappa shape index (κ3) is 5.35. The molecule has 0 spiro atoms. The van der Waals surface area contributed by atoms with Gasteiger partial charge in [0.2, 0.25) is 0 Å². The number of carbonyl (C=O) groups excluding carboxylic acids is 2. The molecule has 0 bridgehead atoms. The molecule has 1 amide bonds. The Morgan fingerprint density at radius 2 is 2.15 bits per heavy atom. The molecule has 0 radical (unpaired) electrons. The first-order valence-electron chi connectivity index (χ1n) is 6.22. The van der Waals surface area contributed by atoms with E-state index in [-0.39, 0.29) is 22.4 Å². The maximum absolute atomic E-state index is 11.5. The van der Waals surface area contributed by atoms with E-state index in [0.717, 1.165) is 30.6 Å². The monoisotopic (exact) mass is 300 g/mol. The Morgan fingerprint density at radius 1 is 1.40 bits per heavy atom. The van der Waals surface area contributed by atoms with Crippen LogP contribution in [0.25, 0.3) is 0 Å². The van der Waals surface area contributed by atoms with Crippen molar-refractivity contribution in [2.45, 2.75) is 26.2 Å². The van der Waals surface area contributed by atoms with Crippen molar-refractivity contribution in [2.24, 2.45) is 0 Å². The highest BCUT2D eigenvalue weighted by atomic mass is 32.1. The first-order chi connectivity index (χ1) is 9.54. The number of rotatable bonds is 8. The van der Waals surface area contributed by atoms with Gasteiger partial charge < -0.3 is 10.1 Å². The minimum Gasteiger partial charge on any atom is -0.451 e. The molecule has 110 valence electrons. The molecular weight excluding hydrogens is 284 g/mol. The van der Waals surface area contributed by atoms with Crippen LogP contribution in [0.3, 0.4) is 0 Å². The van der Waals surface area contributed by atoms with Gasteiger partial charge in [-0.15, -0.1) is 0 Å². The van der Waals surface area contributed by atoms with E-state index in [1.54, 1.807) is 0 Å². The summed E-state index contributed by atoms with van der Waals surface area (Å²) in [7, 11) is 0. The van der Waals surface area contributed by atoms with Crippen LogP contribution in [0, 0.1) is 10.1 Å². The first-order valence-corrected chi connectivity index (χ1v) is 7.04. The summed E-state index contributed by atoms with van der Waals surface area (Å²) in [5, 5.41) is 13.0.